The molecular formula is C12H28N2O3S. The quantitative estimate of drug-likeness (QED) is 0.554. The first-order valence-corrected chi connectivity index (χ1v) is 8.58. The molecule has 0 bridgehead atoms. The van der Waals surface area contributed by atoms with Gasteiger partial charge in [0.1, 0.15) is 9.84 Å². The largest absolute Gasteiger partial charge is 0.383 e. The highest BCUT2D eigenvalue weighted by atomic mass is 32.2. The van der Waals surface area contributed by atoms with Crippen molar-refractivity contribution in [3.8, 4) is 0 Å². The maximum Gasteiger partial charge on any atom is 0.148 e. The van der Waals surface area contributed by atoms with Crippen LogP contribution in [0.4, 0.5) is 0 Å². The van der Waals surface area contributed by atoms with Crippen molar-refractivity contribution >= 4 is 9.84 Å². The van der Waals surface area contributed by atoms with Crippen LogP contribution in [-0.2, 0) is 14.6 Å². The van der Waals surface area contributed by atoms with Crippen LogP contribution < -0.4 is 5.32 Å². The Morgan fingerprint density at radius 1 is 1.28 bits per heavy atom. The third-order valence-electron chi connectivity index (χ3n) is 3.02. The zero-order valence-electron chi connectivity index (χ0n) is 12.1. The Hall–Kier alpha value is -0.170. The van der Waals surface area contributed by atoms with Gasteiger partial charge in [0.05, 0.1) is 12.4 Å². The van der Waals surface area contributed by atoms with Gasteiger partial charge in [0.2, 0.25) is 0 Å². The maximum atomic E-state index is 11.0. The first-order valence-electron chi connectivity index (χ1n) is 6.52. The Morgan fingerprint density at radius 2 is 1.94 bits per heavy atom. The Labute approximate surface area is 112 Å². The normalized spacial score (nSPS) is 14.1. The second kappa shape index (κ2) is 9.72. The third-order valence-corrected chi connectivity index (χ3v) is 3.97. The van der Waals surface area contributed by atoms with Gasteiger partial charge >= 0.3 is 0 Å². The van der Waals surface area contributed by atoms with Crippen LogP contribution in [0.2, 0.25) is 0 Å². The molecule has 0 saturated carbocycles. The summed E-state index contributed by atoms with van der Waals surface area (Å²) in [6.07, 6.45) is 2.37. The van der Waals surface area contributed by atoms with Crippen molar-refractivity contribution in [1.82, 2.24) is 10.2 Å². The van der Waals surface area contributed by atoms with E-state index in [1.165, 1.54) is 6.26 Å². The molecule has 0 aromatic rings. The van der Waals surface area contributed by atoms with Crippen LogP contribution in [0.3, 0.4) is 0 Å². The lowest BCUT2D eigenvalue weighted by atomic mass is 10.2. The standard InChI is InChI=1S/C12H28N2O3S/c1-5-12(2)14(9-10-17-3)8-6-13-7-11-18(4,15)16/h12-13H,5-11H2,1-4H3. The number of methoxy groups -OCH3 is 1. The van der Waals surface area contributed by atoms with Gasteiger partial charge in [-0.25, -0.2) is 8.42 Å². The highest BCUT2D eigenvalue weighted by Gasteiger charge is 2.11. The minimum atomic E-state index is -2.86. The summed E-state index contributed by atoms with van der Waals surface area (Å²) in [6.45, 7) is 8.27. The average molecular weight is 280 g/mol. The second-order valence-corrected chi connectivity index (χ2v) is 6.93. The number of hydrogen-bond acceptors (Lipinski definition) is 5. The molecule has 0 amide bonds. The summed E-state index contributed by atoms with van der Waals surface area (Å²) in [5.74, 6) is 0.203. The summed E-state index contributed by atoms with van der Waals surface area (Å²) in [7, 11) is -1.15. The second-order valence-electron chi connectivity index (χ2n) is 4.67. The fourth-order valence-corrected chi connectivity index (χ4v) is 2.14. The third kappa shape index (κ3) is 9.82. The fourth-order valence-electron chi connectivity index (χ4n) is 1.62. The zero-order valence-corrected chi connectivity index (χ0v) is 12.9. The molecule has 0 aliphatic rings. The van der Waals surface area contributed by atoms with Crippen LogP contribution in [0, 0.1) is 0 Å². The van der Waals surface area contributed by atoms with Crippen molar-refractivity contribution in [2.24, 2.45) is 0 Å². The SMILES string of the molecule is CCC(C)N(CCNCCS(C)(=O)=O)CCOC. The van der Waals surface area contributed by atoms with Crippen molar-refractivity contribution in [3.63, 3.8) is 0 Å². The van der Waals surface area contributed by atoms with Crippen molar-refractivity contribution in [2.45, 2.75) is 26.3 Å². The molecule has 0 saturated heterocycles. The number of ether oxygens (including phenoxy) is 1. The Morgan fingerprint density at radius 3 is 2.44 bits per heavy atom. The van der Waals surface area contributed by atoms with Crippen LogP contribution >= 0.6 is 0 Å². The molecule has 1 unspecified atom stereocenters. The fraction of sp³-hybridized carbons (Fsp3) is 1.00. The van der Waals surface area contributed by atoms with E-state index in [0.29, 0.717) is 12.6 Å². The van der Waals surface area contributed by atoms with Crippen molar-refractivity contribution in [3.05, 3.63) is 0 Å². The smallest absolute Gasteiger partial charge is 0.148 e. The lowest BCUT2D eigenvalue weighted by Crippen LogP contribution is -2.40. The molecule has 0 rings (SSSR count). The minimum absolute atomic E-state index is 0.203. The zero-order chi connectivity index (χ0) is 14.0. The molecule has 0 fully saturated rings. The Kier molecular flexibility index (Phi) is 9.63. The predicted octanol–water partition coefficient (Wildman–Crippen LogP) is 0.368. The van der Waals surface area contributed by atoms with Gasteiger partial charge in [0.25, 0.3) is 0 Å². The molecule has 5 nitrogen and oxygen atoms in total. The minimum Gasteiger partial charge on any atom is -0.383 e. The lowest BCUT2D eigenvalue weighted by Gasteiger charge is -2.28. The van der Waals surface area contributed by atoms with Crippen molar-refractivity contribution in [1.29, 1.82) is 0 Å². The summed E-state index contributed by atoms with van der Waals surface area (Å²) in [4.78, 5) is 2.36. The summed E-state index contributed by atoms with van der Waals surface area (Å²) < 4.78 is 27.0. The van der Waals surface area contributed by atoms with E-state index in [4.69, 9.17) is 4.74 Å². The molecule has 0 aliphatic heterocycles. The monoisotopic (exact) mass is 280 g/mol. The summed E-state index contributed by atoms with van der Waals surface area (Å²) in [5, 5.41) is 3.17. The number of sulfone groups is 1. The molecular weight excluding hydrogens is 252 g/mol. The number of nitrogens with zero attached hydrogens (tertiary/aromatic N) is 1. The van der Waals surface area contributed by atoms with E-state index in [-0.39, 0.29) is 5.75 Å². The molecule has 0 aromatic carbocycles. The van der Waals surface area contributed by atoms with Crippen LogP contribution in [0.1, 0.15) is 20.3 Å². The van der Waals surface area contributed by atoms with E-state index in [0.717, 1.165) is 32.7 Å². The summed E-state index contributed by atoms with van der Waals surface area (Å²) in [6, 6.07) is 0.525. The van der Waals surface area contributed by atoms with E-state index in [1.807, 2.05) is 0 Å². The summed E-state index contributed by atoms with van der Waals surface area (Å²) in [5.41, 5.74) is 0. The van der Waals surface area contributed by atoms with Gasteiger partial charge < -0.3 is 10.1 Å². The average Bonchev–Trinajstić information content (AvgIpc) is 2.30. The van der Waals surface area contributed by atoms with E-state index >= 15 is 0 Å². The van der Waals surface area contributed by atoms with Gasteiger partial charge in [-0.2, -0.15) is 0 Å². The van der Waals surface area contributed by atoms with Gasteiger partial charge in [-0.3, -0.25) is 4.90 Å². The number of rotatable bonds is 11. The van der Waals surface area contributed by atoms with E-state index in [2.05, 4.69) is 24.1 Å². The molecule has 0 aliphatic carbocycles. The van der Waals surface area contributed by atoms with E-state index < -0.39 is 9.84 Å². The Balaban J connectivity index is 3.82. The number of nitrogens with one attached hydrogen (secondary N) is 1. The first-order chi connectivity index (χ1) is 8.40. The van der Waals surface area contributed by atoms with Gasteiger partial charge in [-0.15, -0.1) is 0 Å². The predicted molar refractivity (Wildman–Crippen MR) is 75.8 cm³/mol. The molecule has 110 valence electrons. The number of hydrogen-bond donors (Lipinski definition) is 1. The van der Waals surface area contributed by atoms with Crippen LogP contribution in [-0.4, -0.2) is 71.3 Å². The van der Waals surface area contributed by atoms with Crippen molar-refractivity contribution < 1.29 is 13.2 Å². The molecule has 6 heteroatoms. The van der Waals surface area contributed by atoms with Gasteiger partial charge in [0, 0.05) is 45.6 Å². The summed E-state index contributed by atoms with van der Waals surface area (Å²) >= 11 is 0. The van der Waals surface area contributed by atoms with Crippen LogP contribution in [0.25, 0.3) is 0 Å². The molecule has 18 heavy (non-hydrogen) atoms. The lowest BCUT2D eigenvalue weighted by molar-refractivity contribution is 0.123. The van der Waals surface area contributed by atoms with E-state index in [9.17, 15) is 8.42 Å². The Bertz CT molecular complexity index is 294. The molecule has 0 radical (unpaired) electrons. The van der Waals surface area contributed by atoms with E-state index in [1.54, 1.807) is 7.11 Å². The van der Waals surface area contributed by atoms with Crippen molar-refractivity contribution in [2.75, 3.05) is 51.9 Å². The van der Waals surface area contributed by atoms with Gasteiger partial charge in [0.15, 0.2) is 0 Å². The molecule has 0 heterocycles. The highest BCUT2D eigenvalue weighted by Crippen LogP contribution is 2.02. The van der Waals surface area contributed by atoms with Crippen LogP contribution in [0.5, 0.6) is 0 Å². The molecule has 1 atom stereocenters. The van der Waals surface area contributed by atoms with Gasteiger partial charge in [-0.05, 0) is 13.3 Å². The molecule has 0 spiro atoms. The van der Waals surface area contributed by atoms with Crippen LogP contribution in [0.15, 0.2) is 0 Å². The first kappa shape index (κ1) is 17.8. The van der Waals surface area contributed by atoms with Gasteiger partial charge in [-0.1, -0.05) is 6.92 Å². The highest BCUT2D eigenvalue weighted by molar-refractivity contribution is 7.90. The maximum absolute atomic E-state index is 11.0. The molecule has 1 N–H and O–H groups in total. The topological polar surface area (TPSA) is 58.6 Å². The molecule has 0 aromatic heterocycles.